The van der Waals surface area contributed by atoms with Crippen LogP contribution in [0.15, 0.2) is 42.5 Å². The minimum Gasteiger partial charge on any atom is -0.507 e. The quantitative estimate of drug-likeness (QED) is 0.434. The second kappa shape index (κ2) is 5.31. The summed E-state index contributed by atoms with van der Waals surface area (Å²) in [6.07, 6.45) is 0. The number of nitrogens with two attached hydrogens (primary N) is 2. The van der Waals surface area contributed by atoms with Crippen LogP contribution in [0.4, 0.5) is 11.4 Å². The fourth-order valence-corrected chi connectivity index (χ4v) is 1.54. The van der Waals surface area contributed by atoms with E-state index >= 15 is 0 Å². The van der Waals surface area contributed by atoms with E-state index in [1.54, 1.807) is 0 Å². The van der Waals surface area contributed by atoms with Crippen molar-refractivity contribution in [3.8, 4) is 5.75 Å². The average molecular weight is 272 g/mol. The molecule has 0 saturated carbocycles. The van der Waals surface area contributed by atoms with Crippen molar-refractivity contribution >= 4 is 23.3 Å². The lowest BCUT2D eigenvalue weighted by Gasteiger charge is -2.05. The predicted octanol–water partition coefficient (Wildman–Crippen LogP) is 1.55. The number of nitrogen functional groups attached to an aromatic ring is 2. The number of phenols is 1. The fraction of sp³-hybridized carbons (Fsp3) is 0. The highest BCUT2D eigenvalue weighted by molar-refractivity contribution is 6.04. The highest BCUT2D eigenvalue weighted by atomic mass is 16.6. The molecule has 2 rings (SSSR count). The van der Waals surface area contributed by atoms with Crippen molar-refractivity contribution in [2.75, 3.05) is 11.5 Å². The van der Waals surface area contributed by atoms with Crippen LogP contribution < -0.4 is 11.5 Å². The van der Waals surface area contributed by atoms with E-state index in [0.717, 1.165) is 0 Å². The van der Waals surface area contributed by atoms with Gasteiger partial charge in [0.25, 0.3) is 0 Å². The van der Waals surface area contributed by atoms with Crippen molar-refractivity contribution in [3.63, 3.8) is 0 Å². The van der Waals surface area contributed by atoms with Gasteiger partial charge in [0.05, 0.1) is 5.56 Å². The Balaban J connectivity index is 2.15. The molecule has 0 atom stereocenters. The van der Waals surface area contributed by atoms with E-state index in [4.69, 9.17) is 11.5 Å². The van der Waals surface area contributed by atoms with Gasteiger partial charge < -0.3 is 21.3 Å². The van der Waals surface area contributed by atoms with Crippen LogP contribution in [0, 0.1) is 0 Å². The van der Waals surface area contributed by atoms with Crippen LogP contribution in [0.25, 0.3) is 0 Å². The van der Waals surface area contributed by atoms with Crippen molar-refractivity contribution in [2.24, 2.45) is 0 Å². The fourth-order valence-electron chi connectivity index (χ4n) is 1.54. The maximum absolute atomic E-state index is 11.8. The summed E-state index contributed by atoms with van der Waals surface area (Å²) in [6.45, 7) is 0. The van der Waals surface area contributed by atoms with Crippen molar-refractivity contribution in [1.29, 1.82) is 0 Å². The molecule has 2 aromatic carbocycles. The number of esters is 2. The van der Waals surface area contributed by atoms with Gasteiger partial charge in [-0.05, 0) is 36.4 Å². The Bertz CT molecular complexity index is 665. The molecule has 0 aliphatic carbocycles. The van der Waals surface area contributed by atoms with Crippen LogP contribution in [0.3, 0.4) is 0 Å². The minimum absolute atomic E-state index is 0.136. The summed E-state index contributed by atoms with van der Waals surface area (Å²) >= 11 is 0. The molecule has 2 aromatic rings. The van der Waals surface area contributed by atoms with Crippen molar-refractivity contribution in [1.82, 2.24) is 0 Å². The Hall–Kier alpha value is -3.02. The maximum Gasteiger partial charge on any atom is 0.349 e. The van der Waals surface area contributed by atoms with Gasteiger partial charge in [0.1, 0.15) is 11.3 Å². The third-order valence-corrected chi connectivity index (χ3v) is 2.57. The number of aromatic hydroxyl groups is 1. The second-order valence-corrected chi connectivity index (χ2v) is 4.08. The standard InChI is InChI=1S/C14H12N2O4/c15-9-3-1-8(2-4-9)13(18)20-14(19)11-6-5-10(16)7-12(11)17/h1-7,17H,15-16H2. The summed E-state index contributed by atoms with van der Waals surface area (Å²) in [6, 6.07) is 9.81. The van der Waals surface area contributed by atoms with Gasteiger partial charge in [-0.25, -0.2) is 9.59 Å². The molecule has 20 heavy (non-hydrogen) atoms. The first-order valence-corrected chi connectivity index (χ1v) is 5.68. The topological polar surface area (TPSA) is 116 Å². The Morgan fingerprint density at radius 1 is 0.900 bits per heavy atom. The largest absolute Gasteiger partial charge is 0.507 e. The molecule has 0 aliphatic heterocycles. The average Bonchev–Trinajstić information content (AvgIpc) is 2.39. The van der Waals surface area contributed by atoms with Gasteiger partial charge in [-0.2, -0.15) is 0 Å². The number of ether oxygens (including phenoxy) is 1. The first kappa shape index (κ1) is 13.4. The zero-order chi connectivity index (χ0) is 14.7. The van der Waals surface area contributed by atoms with Crippen LogP contribution in [-0.2, 0) is 4.74 Å². The summed E-state index contributed by atoms with van der Waals surface area (Å²) < 4.78 is 4.66. The van der Waals surface area contributed by atoms with Crippen LogP contribution in [0.1, 0.15) is 20.7 Å². The zero-order valence-corrected chi connectivity index (χ0v) is 10.4. The molecule has 0 aromatic heterocycles. The Morgan fingerprint density at radius 3 is 2.10 bits per heavy atom. The van der Waals surface area contributed by atoms with E-state index in [1.807, 2.05) is 0 Å². The molecule has 0 fully saturated rings. The molecule has 0 aliphatic rings. The number of hydrogen-bond donors (Lipinski definition) is 3. The smallest absolute Gasteiger partial charge is 0.349 e. The van der Waals surface area contributed by atoms with Gasteiger partial charge in [-0.15, -0.1) is 0 Å². The molecule has 0 heterocycles. The van der Waals surface area contributed by atoms with E-state index in [1.165, 1.54) is 42.5 Å². The van der Waals surface area contributed by atoms with E-state index in [9.17, 15) is 14.7 Å². The monoisotopic (exact) mass is 272 g/mol. The van der Waals surface area contributed by atoms with Gasteiger partial charge in [0.15, 0.2) is 0 Å². The lowest BCUT2D eigenvalue weighted by Crippen LogP contribution is -2.13. The van der Waals surface area contributed by atoms with Gasteiger partial charge in [-0.3, -0.25) is 0 Å². The molecule has 6 nitrogen and oxygen atoms in total. The highest BCUT2D eigenvalue weighted by Gasteiger charge is 2.18. The first-order valence-electron chi connectivity index (χ1n) is 5.68. The van der Waals surface area contributed by atoms with E-state index in [-0.39, 0.29) is 16.9 Å². The predicted molar refractivity (Wildman–Crippen MR) is 73.1 cm³/mol. The number of carbonyl (C=O) groups is 2. The Morgan fingerprint density at radius 2 is 1.50 bits per heavy atom. The van der Waals surface area contributed by atoms with E-state index < -0.39 is 11.9 Å². The van der Waals surface area contributed by atoms with Crippen molar-refractivity contribution in [2.45, 2.75) is 0 Å². The molecule has 0 saturated heterocycles. The minimum atomic E-state index is -0.954. The number of rotatable bonds is 2. The highest BCUT2D eigenvalue weighted by Crippen LogP contribution is 2.21. The third kappa shape index (κ3) is 2.86. The zero-order valence-electron chi connectivity index (χ0n) is 10.4. The molecule has 102 valence electrons. The first-order chi connectivity index (χ1) is 9.47. The number of benzene rings is 2. The normalized spacial score (nSPS) is 10.0. The van der Waals surface area contributed by atoms with Crippen LogP contribution in [-0.4, -0.2) is 17.0 Å². The lowest BCUT2D eigenvalue weighted by molar-refractivity contribution is 0.0396. The van der Waals surface area contributed by atoms with Crippen LogP contribution >= 0.6 is 0 Å². The Labute approximate surface area is 114 Å². The number of phenolic OH excluding ortho intramolecular Hbond substituents is 1. The van der Waals surface area contributed by atoms with Gasteiger partial charge in [0, 0.05) is 17.4 Å². The number of anilines is 2. The van der Waals surface area contributed by atoms with Gasteiger partial charge >= 0.3 is 11.9 Å². The molecule has 0 spiro atoms. The maximum atomic E-state index is 11.8. The van der Waals surface area contributed by atoms with Gasteiger partial charge in [-0.1, -0.05) is 0 Å². The molecule has 0 amide bonds. The summed E-state index contributed by atoms with van der Waals surface area (Å²) in [5, 5.41) is 9.57. The molecular formula is C14H12N2O4. The number of carbonyl (C=O) groups excluding carboxylic acids is 2. The molecule has 5 N–H and O–H groups in total. The van der Waals surface area contributed by atoms with Crippen LogP contribution in [0.2, 0.25) is 0 Å². The SMILES string of the molecule is Nc1ccc(C(=O)OC(=O)c2ccc(N)cc2O)cc1. The molecule has 0 unspecified atom stereocenters. The van der Waals surface area contributed by atoms with Crippen LogP contribution in [0.5, 0.6) is 5.75 Å². The summed E-state index contributed by atoms with van der Waals surface area (Å²) in [5.41, 5.74) is 11.8. The molecular weight excluding hydrogens is 260 g/mol. The Kier molecular flexibility index (Phi) is 3.56. The molecule has 0 bridgehead atoms. The second-order valence-electron chi connectivity index (χ2n) is 4.08. The number of hydrogen-bond acceptors (Lipinski definition) is 6. The lowest BCUT2D eigenvalue weighted by atomic mass is 10.2. The van der Waals surface area contributed by atoms with Crippen molar-refractivity contribution < 1.29 is 19.4 Å². The summed E-state index contributed by atoms with van der Waals surface area (Å²) in [5.74, 6) is -2.13. The third-order valence-electron chi connectivity index (χ3n) is 2.57. The molecule has 6 heteroatoms. The van der Waals surface area contributed by atoms with E-state index in [2.05, 4.69) is 4.74 Å². The van der Waals surface area contributed by atoms with Gasteiger partial charge in [0.2, 0.25) is 0 Å². The molecule has 0 radical (unpaired) electrons. The summed E-state index contributed by atoms with van der Waals surface area (Å²) in [7, 11) is 0. The van der Waals surface area contributed by atoms with E-state index in [0.29, 0.717) is 11.4 Å². The van der Waals surface area contributed by atoms with Crippen molar-refractivity contribution in [3.05, 3.63) is 53.6 Å². The summed E-state index contributed by atoms with van der Waals surface area (Å²) in [4.78, 5) is 23.5.